The van der Waals surface area contributed by atoms with Crippen LogP contribution in [0.3, 0.4) is 0 Å². The van der Waals surface area contributed by atoms with E-state index in [1.807, 2.05) is 32.5 Å². The van der Waals surface area contributed by atoms with Gasteiger partial charge in [-0.25, -0.2) is 4.79 Å². The van der Waals surface area contributed by atoms with Crippen molar-refractivity contribution in [3.05, 3.63) is 0 Å². The lowest BCUT2D eigenvalue weighted by Gasteiger charge is -2.25. The van der Waals surface area contributed by atoms with Crippen LogP contribution in [0.25, 0.3) is 0 Å². The Balaban J connectivity index is 2.20. The van der Waals surface area contributed by atoms with Crippen LogP contribution in [0.4, 0.5) is 4.79 Å². The maximum Gasteiger partial charge on any atom is 0.410 e. The average Bonchev–Trinajstić information content (AvgIpc) is 2.62. The molecule has 1 fully saturated rings. The number of hydrogen-bond donors (Lipinski definition) is 1. The van der Waals surface area contributed by atoms with Gasteiger partial charge in [0.2, 0.25) is 0 Å². The number of nitrogens with zero attached hydrogens (tertiary/aromatic N) is 1. The molecule has 1 heterocycles. The first-order chi connectivity index (χ1) is 8.29. The summed E-state index contributed by atoms with van der Waals surface area (Å²) in [5, 5.41) is 4.19. The summed E-state index contributed by atoms with van der Waals surface area (Å²) in [4.78, 5) is 13.4. The Morgan fingerprint density at radius 2 is 2.17 bits per heavy atom. The van der Waals surface area contributed by atoms with E-state index in [0.29, 0.717) is 17.8 Å². The Hall–Kier alpha value is -0.420. The molecule has 1 N–H and O–H groups in total. The highest BCUT2D eigenvalue weighted by Gasteiger charge is 2.24. The van der Waals surface area contributed by atoms with E-state index in [2.05, 4.69) is 12.2 Å². The van der Waals surface area contributed by atoms with Crippen LogP contribution in [0, 0.1) is 0 Å². The Bertz CT molecular complexity index is 279. The van der Waals surface area contributed by atoms with Gasteiger partial charge in [-0.2, -0.15) is 11.8 Å². The number of ether oxygens (including phenoxy) is 1. The maximum atomic E-state index is 11.7. The van der Waals surface area contributed by atoms with Crippen molar-refractivity contribution in [3.8, 4) is 0 Å². The largest absolute Gasteiger partial charge is 0.444 e. The van der Waals surface area contributed by atoms with Gasteiger partial charge in [0, 0.05) is 31.4 Å². The minimum Gasteiger partial charge on any atom is -0.444 e. The van der Waals surface area contributed by atoms with E-state index in [0.717, 1.165) is 6.54 Å². The minimum atomic E-state index is -0.421. The summed E-state index contributed by atoms with van der Waals surface area (Å²) in [6, 6.07) is 0.585. The molecular formula is C13H26N2O2S. The fourth-order valence-corrected chi connectivity index (χ4v) is 3.07. The van der Waals surface area contributed by atoms with Gasteiger partial charge in [-0.1, -0.05) is 6.92 Å². The molecule has 0 saturated carbocycles. The monoisotopic (exact) mass is 274 g/mol. The zero-order valence-electron chi connectivity index (χ0n) is 12.2. The molecular weight excluding hydrogens is 248 g/mol. The van der Waals surface area contributed by atoms with Crippen molar-refractivity contribution < 1.29 is 9.53 Å². The Morgan fingerprint density at radius 3 is 2.67 bits per heavy atom. The van der Waals surface area contributed by atoms with Gasteiger partial charge in [0.1, 0.15) is 5.60 Å². The van der Waals surface area contributed by atoms with Crippen LogP contribution in [-0.4, -0.2) is 53.8 Å². The van der Waals surface area contributed by atoms with Crippen molar-refractivity contribution in [2.45, 2.75) is 51.0 Å². The third-order valence-corrected chi connectivity index (χ3v) is 4.26. The Kier molecular flexibility index (Phi) is 5.79. The normalized spacial score (nSPS) is 24.1. The van der Waals surface area contributed by atoms with Crippen LogP contribution in [0.1, 0.15) is 34.1 Å². The molecule has 106 valence electrons. The van der Waals surface area contributed by atoms with Crippen LogP contribution in [0.15, 0.2) is 0 Å². The molecule has 2 unspecified atom stereocenters. The quantitative estimate of drug-likeness (QED) is 0.854. The van der Waals surface area contributed by atoms with Crippen LogP contribution < -0.4 is 5.32 Å². The van der Waals surface area contributed by atoms with Gasteiger partial charge in [-0.05, 0) is 32.9 Å². The topological polar surface area (TPSA) is 41.6 Å². The second kappa shape index (κ2) is 6.66. The predicted octanol–water partition coefficient (Wildman–Crippen LogP) is 2.34. The van der Waals surface area contributed by atoms with Crippen LogP contribution in [-0.2, 0) is 4.74 Å². The standard InChI is InChI=1S/C13H26N2O2S/c1-10-11(6-9-18-10)14-7-8-15(5)12(16)17-13(2,3)4/h10-11,14H,6-9H2,1-5H3. The van der Waals surface area contributed by atoms with Gasteiger partial charge in [-0.3, -0.25) is 0 Å². The molecule has 4 nitrogen and oxygen atoms in total. The molecule has 0 aromatic carbocycles. The molecule has 0 bridgehead atoms. The summed E-state index contributed by atoms with van der Waals surface area (Å²) in [5.74, 6) is 1.24. The number of nitrogens with one attached hydrogen (secondary N) is 1. The summed E-state index contributed by atoms with van der Waals surface area (Å²) in [6.07, 6.45) is 0.972. The first kappa shape index (κ1) is 15.6. The number of thioether (sulfide) groups is 1. The van der Waals surface area contributed by atoms with E-state index < -0.39 is 5.60 Å². The van der Waals surface area contributed by atoms with Gasteiger partial charge in [0.05, 0.1) is 0 Å². The molecule has 0 aromatic heterocycles. The second-order valence-corrected chi connectivity index (χ2v) is 7.31. The molecule has 0 aromatic rings. The van der Waals surface area contributed by atoms with E-state index in [9.17, 15) is 4.79 Å². The van der Waals surface area contributed by atoms with Gasteiger partial charge in [-0.15, -0.1) is 0 Å². The fraction of sp³-hybridized carbons (Fsp3) is 0.923. The zero-order valence-corrected chi connectivity index (χ0v) is 13.0. The average molecular weight is 274 g/mol. The molecule has 1 aliphatic rings. The lowest BCUT2D eigenvalue weighted by atomic mass is 10.2. The van der Waals surface area contributed by atoms with Crippen molar-refractivity contribution in [2.24, 2.45) is 0 Å². The molecule has 0 aliphatic carbocycles. The van der Waals surface area contributed by atoms with Crippen LogP contribution >= 0.6 is 11.8 Å². The third kappa shape index (κ3) is 5.48. The minimum absolute atomic E-state index is 0.252. The fourth-order valence-electron chi connectivity index (χ4n) is 1.85. The second-order valence-electron chi connectivity index (χ2n) is 5.83. The lowest BCUT2D eigenvalue weighted by Crippen LogP contribution is -2.41. The summed E-state index contributed by atoms with van der Waals surface area (Å²) >= 11 is 2.01. The Morgan fingerprint density at radius 1 is 1.50 bits per heavy atom. The van der Waals surface area contributed by atoms with E-state index in [1.165, 1.54) is 12.2 Å². The van der Waals surface area contributed by atoms with Crippen molar-refractivity contribution in [1.29, 1.82) is 0 Å². The van der Waals surface area contributed by atoms with Crippen molar-refractivity contribution in [1.82, 2.24) is 10.2 Å². The number of amides is 1. The number of rotatable bonds is 4. The maximum absolute atomic E-state index is 11.7. The van der Waals surface area contributed by atoms with Gasteiger partial charge in [0.25, 0.3) is 0 Å². The van der Waals surface area contributed by atoms with Gasteiger partial charge in [0.15, 0.2) is 0 Å². The molecule has 2 atom stereocenters. The van der Waals surface area contributed by atoms with E-state index in [-0.39, 0.29) is 6.09 Å². The third-order valence-electron chi connectivity index (χ3n) is 2.94. The van der Waals surface area contributed by atoms with E-state index >= 15 is 0 Å². The molecule has 1 amide bonds. The van der Waals surface area contributed by atoms with Crippen LogP contribution in [0.5, 0.6) is 0 Å². The molecule has 1 aliphatic heterocycles. The van der Waals surface area contributed by atoms with Crippen LogP contribution in [0.2, 0.25) is 0 Å². The smallest absolute Gasteiger partial charge is 0.410 e. The number of hydrogen-bond acceptors (Lipinski definition) is 4. The predicted molar refractivity (Wildman–Crippen MR) is 77.2 cm³/mol. The summed E-state index contributed by atoms with van der Waals surface area (Å²) < 4.78 is 5.30. The number of carbonyl (C=O) groups excluding carboxylic acids is 1. The van der Waals surface area contributed by atoms with E-state index in [4.69, 9.17) is 4.74 Å². The molecule has 1 saturated heterocycles. The van der Waals surface area contributed by atoms with Gasteiger partial charge >= 0.3 is 6.09 Å². The summed E-state index contributed by atoms with van der Waals surface area (Å²) in [7, 11) is 1.78. The highest BCUT2D eigenvalue weighted by molar-refractivity contribution is 8.00. The van der Waals surface area contributed by atoms with Crippen molar-refractivity contribution >= 4 is 17.9 Å². The zero-order chi connectivity index (χ0) is 13.8. The Labute approximate surface area is 115 Å². The first-order valence-corrected chi connectivity index (χ1v) is 7.63. The van der Waals surface area contributed by atoms with Gasteiger partial charge < -0.3 is 15.0 Å². The van der Waals surface area contributed by atoms with Crippen molar-refractivity contribution in [2.75, 3.05) is 25.9 Å². The summed E-state index contributed by atoms with van der Waals surface area (Å²) in [5.41, 5.74) is -0.421. The molecule has 0 radical (unpaired) electrons. The highest BCUT2D eigenvalue weighted by Crippen LogP contribution is 2.25. The van der Waals surface area contributed by atoms with E-state index in [1.54, 1.807) is 11.9 Å². The lowest BCUT2D eigenvalue weighted by molar-refractivity contribution is 0.0299. The number of carbonyl (C=O) groups is 1. The molecule has 0 spiro atoms. The first-order valence-electron chi connectivity index (χ1n) is 6.58. The summed E-state index contributed by atoms with van der Waals surface area (Å²) in [6.45, 7) is 9.41. The molecule has 18 heavy (non-hydrogen) atoms. The number of likely N-dealkylation sites (N-methyl/N-ethyl adjacent to an activating group) is 1. The highest BCUT2D eigenvalue weighted by atomic mass is 32.2. The van der Waals surface area contributed by atoms with Crippen molar-refractivity contribution in [3.63, 3.8) is 0 Å². The molecule has 5 heteroatoms. The molecule has 1 rings (SSSR count). The SMILES string of the molecule is CC1SCCC1NCCN(C)C(=O)OC(C)(C)C.